The monoisotopic (exact) mass is 718 g/mol. The standard InChI is InChI=1S/C28H35F9O11/c1-11(2)19(38)47-17-15-13(14-16(46-15)18(17)48-21(14)40)20(39)45-12(8-22(3,4)43-9-24(7,41)26(29,30)31)23(5,6)44-10-25(42,27(32,33)34)28(35,36)37/h12-18,41-42H,1,8-10H2,2-7H3. The fourth-order valence-corrected chi connectivity index (χ4v) is 5.24. The van der Waals surface area contributed by atoms with Crippen LogP contribution in [0.25, 0.3) is 0 Å². The maximum Gasteiger partial charge on any atom is 0.428 e. The van der Waals surface area contributed by atoms with E-state index in [2.05, 4.69) is 6.58 Å². The minimum Gasteiger partial charge on any atom is -0.459 e. The Hall–Kier alpha value is -2.68. The Morgan fingerprint density at radius 3 is 1.88 bits per heavy atom. The number of carbonyl (C=O) groups is 3. The van der Waals surface area contributed by atoms with Crippen molar-refractivity contribution >= 4 is 17.9 Å². The molecular weight excluding hydrogens is 683 g/mol. The van der Waals surface area contributed by atoms with E-state index in [4.69, 9.17) is 28.4 Å². The first-order valence-corrected chi connectivity index (χ1v) is 14.2. The lowest BCUT2D eigenvalue weighted by Crippen LogP contribution is -2.61. The lowest BCUT2D eigenvalue weighted by atomic mass is 9.78. The number of carbonyl (C=O) groups excluding carboxylic acids is 3. The van der Waals surface area contributed by atoms with Crippen molar-refractivity contribution in [2.24, 2.45) is 11.8 Å². The molecule has 0 aromatic heterocycles. The highest BCUT2D eigenvalue weighted by atomic mass is 19.4. The molecule has 3 saturated heterocycles. The highest BCUT2D eigenvalue weighted by molar-refractivity contribution is 5.89. The number of hydrogen-bond acceptors (Lipinski definition) is 11. The van der Waals surface area contributed by atoms with E-state index in [1.807, 2.05) is 0 Å². The van der Waals surface area contributed by atoms with Crippen molar-refractivity contribution in [2.75, 3.05) is 13.2 Å². The zero-order valence-electron chi connectivity index (χ0n) is 26.3. The van der Waals surface area contributed by atoms with Crippen LogP contribution in [0.2, 0.25) is 0 Å². The molecule has 20 heteroatoms. The van der Waals surface area contributed by atoms with E-state index in [1.54, 1.807) is 0 Å². The van der Waals surface area contributed by atoms with Crippen LogP contribution in [0.3, 0.4) is 0 Å². The molecule has 2 bridgehead atoms. The Balaban J connectivity index is 1.94. The molecule has 11 nitrogen and oxygen atoms in total. The summed E-state index contributed by atoms with van der Waals surface area (Å²) in [5, 5.41) is 19.4. The summed E-state index contributed by atoms with van der Waals surface area (Å²) in [5.74, 6) is -6.18. The van der Waals surface area contributed by atoms with Crippen molar-refractivity contribution in [3.63, 3.8) is 0 Å². The first kappa shape index (κ1) is 39.8. The molecule has 3 aliphatic rings. The van der Waals surface area contributed by atoms with Crippen LogP contribution in [0.4, 0.5) is 39.5 Å². The molecule has 276 valence electrons. The maximum absolute atomic E-state index is 13.7. The van der Waals surface area contributed by atoms with E-state index < -0.39 is 121 Å². The van der Waals surface area contributed by atoms with Gasteiger partial charge in [0.2, 0.25) is 0 Å². The van der Waals surface area contributed by atoms with Gasteiger partial charge in [-0.1, -0.05) is 6.58 Å². The molecule has 3 fully saturated rings. The molecule has 0 aromatic rings. The third kappa shape index (κ3) is 7.56. The van der Waals surface area contributed by atoms with Gasteiger partial charge < -0.3 is 38.6 Å². The highest BCUT2D eigenvalue weighted by Gasteiger charge is 2.73. The molecule has 0 radical (unpaired) electrons. The van der Waals surface area contributed by atoms with Crippen molar-refractivity contribution in [1.82, 2.24) is 0 Å². The number of fused-ring (bicyclic) bond motifs is 1. The van der Waals surface area contributed by atoms with Crippen molar-refractivity contribution in [1.29, 1.82) is 0 Å². The second kappa shape index (κ2) is 12.6. The Morgan fingerprint density at radius 1 is 0.854 bits per heavy atom. The van der Waals surface area contributed by atoms with Gasteiger partial charge in [-0.2, -0.15) is 39.5 Å². The maximum atomic E-state index is 13.7. The second-order valence-electron chi connectivity index (χ2n) is 13.4. The molecule has 3 rings (SSSR count). The van der Waals surface area contributed by atoms with E-state index in [0.29, 0.717) is 6.92 Å². The third-order valence-electron chi connectivity index (χ3n) is 8.43. The molecule has 8 unspecified atom stereocenters. The lowest BCUT2D eigenvalue weighted by Gasteiger charge is -2.42. The van der Waals surface area contributed by atoms with E-state index in [9.17, 15) is 64.1 Å². The third-order valence-corrected chi connectivity index (χ3v) is 8.43. The molecule has 0 aliphatic carbocycles. The van der Waals surface area contributed by atoms with E-state index >= 15 is 0 Å². The van der Waals surface area contributed by atoms with Crippen molar-refractivity contribution in [3.8, 4) is 0 Å². The molecule has 0 aromatic carbocycles. The summed E-state index contributed by atoms with van der Waals surface area (Å²) in [6.07, 6.45) is -25.5. The number of rotatable bonds is 13. The van der Waals surface area contributed by atoms with Gasteiger partial charge in [-0.15, -0.1) is 0 Å². The number of esters is 3. The Bertz CT molecular complexity index is 1260. The van der Waals surface area contributed by atoms with E-state index in [1.165, 1.54) is 6.92 Å². The summed E-state index contributed by atoms with van der Waals surface area (Å²) in [7, 11) is 0. The van der Waals surface area contributed by atoms with Gasteiger partial charge in [0, 0.05) is 12.0 Å². The van der Waals surface area contributed by atoms with Crippen LogP contribution >= 0.6 is 0 Å². The van der Waals surface area contributed by atoms with Gasteiger partial charge in [0.15, 0.2) is 17.8 Å². The summed E-state index contributed by atoms with van der Waals surface area (Å²) >= 11 is 0. The molecule has 8 atom stereocenters. The quantitative estimate of drug-likeness (QED) is 0.125. The molecular formula is C28H35F9O11. The van der Waals surface area contributed by atoms with Crippen LogP contribution in [0.5, 0.6) is 0 Å². The molecule has 3 heterocycles. The highest BCUT2D eigenvalue weighted by Crippen LogP contribution is 2.52. The normalized spacial score (nSPS) is 28.1. The number of halogens is 9. The Kier molecular flexibility index (Phi) is 10.4. The fraction of sp³-hybridized carbons (Fsp3) is 0.821. The summed E-state index contributed by atoms with van der Waals surface area (Å²) < 4.78 is 152. The van der Waals surface area contributed by atoms with E-state index in [0.717, 1.165) is 27.7 Å². The van der Waals surface area contributed by atoms with Crippen LogP contribution in [0.15, 0.2) is 12.2 Å². The van der Waals surface area contributed by atoms with Gasteiger partial charge in [-0.05, 0) is 41.5 Å². The molecule has 48 heavy (non-hydrogen) atoms. The van der Waals surface area contributed by atoms with E-state index in [-0.39, 0.29) is 5.57 Å². The number of ether oxygens (including phenoxy) is 6. The minimum atomic E-state index is -6.30. The smallest absolute Gasteiger partial charge is 0.428 e. The number of hydrogen-bond donors (Lipinski definition) is 2. The molecule has 2 N–H and O–H groups in total. The zero-order valence-corrected chi connectivity index (χ0v) is 26.3. The van der Waals surface area contributed by atoms with Crippen molar-refractivity contribution in [3.05, 3.63) is 12.2 Å². The summed E-state index contributed by atoms with van der Waals surface area (Å²) in [6.45, 7) is 5.21. The first-order chi connectivity index (χ1) is 21.4. The average molecular weight is 719 g/mol. The van der Waals surface area contributed by atoms with Gasteiger partial charge in [-0.3, -0.25) is 9.59 Å². The number of aliphatic hydroxyl groups is 2. The molecule has 3 aliphatic heterocycles. The Morgan fingerprint density at radius 2 is 1.40 bits per heavy atom. The van der Waals surface area contributed by atoms with Gasteiger partial charge in [0.1, 0.15) is 30.1 Å². The van der Waals surface area contributed by atoms with Gasteiger partial charge in [0.05, 0.1) is 24.4 Å². The molecule has 0 spiro atoms. The molecule has 0 saturated carbocycles. The second-order valence-corrected chi connectivity index (χ2v) is 13.4. The first-order valence-electron chi connectivity index (χ1n) is 14.2. The van der Waals surface area contributed by atoms with Gasteiger partial charge in [0.25, 0.3) is 5.60 Å². The minimum absolute atomic E-state index is 0.0684. The van der Waals surface area contributed by atoms with Crippen LogP contribution in [-0.2, 0) is 42.8 Å². The summed E-state index contributed by atoms with van der Waals surface area (Å²) in [5.41, 5.74) is -13.1. The topological polar surface area (TPSA) is 147 Å². The van der Waals surface area contributed by atoms with Crippen LogP contribution in [0, 0.1) is 11.8 Å². The van der Waals surface area contributed by atoms with Gasteiger partial charge >= 0.3 is 36.4 Å². The lowest BCUT2D eigenvalue weighted by molar-refractivity contribution is -0.383. The average Bonchev–Trinajstić information content (AvgIpc) is 3.52. The SMILES string of the molecule is C=C(C)C(=O)OC1C2OC(=O)C3C2OC1C3C(=O)OC(CC(C)(C)OCC(C)(O)C(F)(F)F)C(C)(C)OCC(O)(C(F)(F)F)C(F)(F)F. The summed E-state index contributed by atoms with van der Waals surface area (Å²) in [4.78, 5) is 38.6. The van der Waals surface area contributed by atoms with Crippen LogP contribution in [-0.4, -0.2) is 113 Å². The van der Waals surface area contributed by atoms with Gasteiger partial charge in [-0.25, -0.2) is 4.79 Å². The predicted molar refractivity (Wildman–Crippen MR) is 139 cm³/mol. The van der Waals surface area contributed by atoms with Crippen molar-refractivity contribution < 1.29 is 92.5 Å². The predicted octanol–water partition coefficient (Wildman–Crippen LogP) is 3.47. The Labute approximate surface area is 267 Å². The number of alkyl halides is 9. The molecule has 0 amide bonds. The summed E-state index contributed by atoms with van der Waals surface area (Å²) in [6, 6.07) is 0. The largest absolute Gasteiger partial charge is 0.459 e. The zero-order chi connectivity index (χ0) is 37.2. The van der Waals surface area contributed by atoms with Crippen LogP contribution < -0.4 is 0 Å². The van der Waals surface area contributed by atoms with Crippen LogP contribution in [0.1, 0.15) is 48.0 Å². The fourth-order valence-electron chi connectivity index (χ4n) is 5.24. The van der Waals surface area contributed by atoms with Crippen molar-refractivity contribution in [2.45, 2.75) is 119 Å².